The predicted molar refractivity (Wildman–Crippen MR) is 229 cm³/mol. The molecule has 0 radical (unpaired) electrons. The normalized spacial score (nSPS) is 12.3. The van der Waals surface area contributed by atoms with Gasteiger partial charge in [-0.1, -0.05) is 198 Å². The van der Waals surface area contributed by atoms with Crippen molar-refractivity contribution in [2.45, 2.75) is 239 Å². The largest absolute Gasteiger partial charge is 0.462 e. The highest BCUT2D eigenvalue weighted by Gasteiger charge is 2.19. The lowest BCUT2D eigenvalue weighted by Gasteiger charge is -2.18. The first-order chi connectivity index (χ1) is 26.5. The van der Waals surface area contributed by atoms with E-state index >= 15 is 0 Å². The zero-order valence-electron chi connectivity index (χ0n) is 35.7. The van der Waals surface area contributed by atoms with Crippen molar-refractivity contribution in [1.82, 2.24) is 0 Å². The predicted octanol–water partition coefficient (Wildman–Crippen LogP) is 14.6. The van der Waals surface area contributed by atoms with Crippen LogP contribution in [0.1, 0.15) is 233 Å². The molecule has 0 aromatic rings. The van der Waals surface area contributed by atoms with Crippen molar-refractivity contribution in [3.05, 3.63) is 36.5 Å². The van der Waals surface area contributed by atoms with E-state index in [4.69, 9.17) is 14.2 Å². The number of hydrogen-bond donors (Lipinski definition) is 0. The van der Waals surface area contributed by atoms with Crippen LogP contribution in [0.25, 0.3) is 0 Å². The molecule has 0 heterocycles. The maximum atomic E-state index is 12.7. The summed E-state index contributed by atoms with van der Waals surface area (Å²) in [6.07, 6.45) is 48.4. The molecule has 0 aliphatic rings. The van der Waals surface area contributed by atoms with E-state index < -0.39 is 6.10 Å². The van der Waals surface area contributed by atoms with Crippen LogP contribution in [0.2, 0.25) is 0 Å². The Morgan fingerprint density at radius 2 is 0.722 bits per heavy atom. The Morgan fingerprint density at radius 3 is 1.13 bits per heavy atom. The van der Waals surface area contributed by atoms with Gasteiger partial charge < -0.3 is 14.2 Å². The highest BCUT2D eigenvalue weighted by Crippen LogP contribution is 2.15. The molecule has 0 N–H and O–H groups in total. The molecule has 0 fully saturated rings. The van der Waals surface area contributed by atoms with Gasteiger partial charge in [-0.3, -0.25) is 14.4 Å². The number of ether oxygens (including phenoxy) is 3. The third kappa shape index (κ3) is 40.8. The van der Waals surface area contributed by atoms with Crippen LogP contribution in [-0.4, -0.2) is 37.2 Å². The molecule has 0 aromatic carbocycles. The van der Waals surface area contributed by atoms with Gasteiger partial charge in [0, 0.05) is 19.3 Å². The molecule has 1 unspecified atom stereocenters. The molecule has 0 aromatic heterocycles. The third-order valence-electron chi connectivity index (χ3n) is 9.91. The Balaban J connectivity index is 4.41. The van der Waals surface area contributed by atoms with Gasteiger partial charge in [0.1, 0.15) is 13.2 Å². The zero-order valence-corrected chi connectivity index (χ0v) is 35.7. The highest BCUT2D eigenvalue weighted by molar-refractivity contribution is 5.71. The van der Waals surface area contributed by atoms with Crippen molar-refractivity contribution in [2.75, 3.05) is 13.2 Å². The summed E-state index contributed by atoms with van der Waals surface area (Å²) in [5.41, 5.74) is 0. The van der Waals surface area contributed by atoms with Crippen molar-refractivity contribution in [2.24, 2.45) is 0 Å². The highest BCUT2D eigenvalue weighted by atomic mass is 16.6. The number of allylic oxidation sites excluding steroid dienone is 6. The number of carbonyl (C=O) groups excluding carboxylic acids is 3. The summed E-state index contributed by atoms with van der Waals surface area (Å²) < 4.78 is 16.7. The van der Waals surface area contributed by atoms with Gasteiger partial charge in [-0.25, -0.2) is 0 Å². The van der Waals surface area contributed by atoms with E-state index in [-0.39, 0.29) is 31.1 Å². The summed E-state index contributed by atoms with van der Waals surface area (Å²) in [6.45, 7) is 6.48. The van der Waals surface area contributed by atoms with Crippen molar-refractivity contribution in [3.63, 3.8) is 0 Å². The van der Waals surface area contributed by atoms with Gasteiger partial charge in [0.05, 0.1) is 0 Å². The van der Waals surface area contributed by atoms with Crippen LogP contribution in [0.4, 0.5) is 0 Å². The molecule has 0 aliphatic heterocycles. The fourth-order valence-electron chi connectivity index (χ4n) is 6.46. The van der Waals surface area contributed by atoms with E-state index in [0.717, 1.165) is 77.0 Å². The Kier molecular flexibility index (Phi) is 41.5. The molecule has 0 rings (SSSR count). The fraction of sp³-hybridized carbons (Fsp3) is 0.812. The average molecular weight is 759 g/mol. The van der Waals surface area contributed by atoms with Gasteiger partial charge in [0.15, 0.2) is 6.10 Å². The van der Waals surface area contributed by atoms with E-state index in [0.29, 0.717) is 19.3 Å². The van der Waals surface area contributed by atoms with Crippen LogP contribution in [0.5, 0.6) is 0 Å². The van der Waals surface area contributed by atoms with Gasteiger partial charge >= 0.3 is 17.9 Å². The lowest BCUT2D eigenvalue weighted by molar-refractivity contribution is -0.167. The van der Waals surface area contributed by atoms with Crippen LogP contribution in [0.3, 0.4) is 0 Å². The van der Waals surface area contributed by atoms with E-state index in [2.05, 4.69) is 57.2 Å². The monoisotopic (exact) mass is 759 g/mol. The minimum Gasteiger partial charge on any atom is -0.462 e. The topological polar surface area (TPSA) is 78.9 Å². The zero-order chi connectivity index (χ0) is 39.4. The smallest absolute Gasteiger partial charge is 0.306 e. The molecule has 0 aliphatic carbocycles. The molecule has 0 spiro atoms. The first-order valence-electron chi connectivity index (χ1n) is 23.0. The average Bonchev–Trinajstić information content (AvgIpc) is 3.17. The second-order valence-electron chi connectivity index (χ2n) is 15.3. The SMILES string of the molecule is CC/C=C\C/C=C\C/C=C\CCCCC(=O)OCC(COC(=O)CCCCCCCCCCCCCC)OC(=O)CCCCCCCCCCCCCC. The van der Waals surface area contributed by atoms with Crippen LogP contribution in [-0.2, 0) is 28.6 Å². The molecule has 6 nitrogen and oxygen atoms in total. The first kappa shape index (κ1) is 51.6. The van der Waals surface area contributed by atoms with Gasteiger partial charge in [0.2, 0.25) is 0 Å². The molecule has 54 heavy (non-hydrogen) atoms. The standard InChI is InChI=1S/C48H86O6/c1-4-7-10-13-16-19-22-25-28-31-34-37-40-46(49)52-43-45(54-48(51)42-39-36-33-30-27-24-21-18-15-12-9-6-3)44-53-47(50)41-38-35-32-29-26-23-20-17-14-11-8-5-2/h7,10,16,19,25,28,45H,4-6,8-9,11-15,17-18,20-24,26-27,29-44H2,1-3H3/b10-7-,19-16-,28-25-. The number of hydrogen-bond acceptors (Lipinski definition) is 6. The Bertz CT molecular complexity index is 922. The van der Waals surface area contributed by atoms with Crippen LogP contribution < -0.4 is 0 Å². The maximum Gasteiger partial charge on any atom is 0.306 e. The lowest BCUT2D eigenvalue weighted by Crippen LogP contribution is -2.30. The van der Waals surface area contributed by atoms with E-state index in [1.807, 2.05) is 0 Å². The molecule has 314 valence electrons. The summed E-state index contributed by atoms with van der Waals surface area (Å²) in [4.78, 5) is 37.7. The Morgan fingerprint density at radius 1 is 0.389 bits per heavy atom. The number of unbranched alkanes of at least 4 members (excludes halogenated alkanes) is 24. The number of esters is 3. The summed E-state index contributed by atoms with van der Waals surface area (Å²) in [5, 5.41) is 0. The first-order valence-corrected chi connectivity index (χ1v) is 23.0. The molecule has 0 saturated heterocycles. The second-order valence-corrected chi connectivity index (χ2v) is 15.3. The van der Waals surface area contributed by atoms with Crippen LogP contribution in [0, 0.1) is 0 Å². The van der Waals surface area contributed by atoms with Gasteiger partial charge in [-0.15, -0.1) is 0 Å². The van der Waals surface area contributed by atoms with Gasteiger partial charge in [-0.05, 0) is 51.4 Å². The minimum absolute atomic E-state index is 0.0807. The molecule has 1 atom stereocenters. The second kappa shape index (κ2) is 43.4. The Hall–Kier alpha value is -2.37. The van der Waals surface area contributed by atoms with Crippen molar-refractivity contribution < 1.29 is 28.6 Å². The number of rotatable bonds is 41. The van der Waals surface area contributed by atoms with E-state index in [1.54, 1.807) is 0 Å². The Labute approximate surface area is 334 Å². The van der Waals surface area contributed by atoms with Crippen molar-refractivity contribution in [1.29, 1.82) is 0 Å². The third-order valence-corrected chi connectivity index (χ3v) is 9.91. The number of carbonyl (C=O) groups is 3. The molecular weight excluding hydrogens is 673 g/mol. The summed E-state index contributed by atoms with van der Waals surface area (Å²) >= 11 is 0. The molecular formula is C48H86O6. The summed E-state index contributed by atoms with van der Waals surface area (Å²) in [7, 11) is 0. The van der Waals surface area contributed by atoms with Gasteiger partial charge in [0.25, 0.3) is 0 Å². The maximum absolute atomic E-state index is 12.7. The van der Waals surface area contributed by atoms with Crippen LogP contribution in [0.15, 0.2) is 36.5 Å². The fourth-order valence-corrected chi connectivity index (χ4v) is 6.46. The molecule has 6 heteroatoms. The lowest BCUT2D eigenvalue weighted by atomic mass is 10.0. The summed E-state index contributed by atoms with van der Waals surface area (Å²) in [6, 6.07) is 0. The van der Waals surface area contributed by atoms with Crippen molar-refractivity contribution >= 4 is 17.9 Å². The quantitative estimate of drug-likeness (QED) is 0.0267. The minimum atomic E-state index is -0.779. The van der Waals surface area contributed by atoms with Crippen LogP contribution >= 0.6 is 0 Å². The molecule has 0 saturated carbocycles. The van der Waals surface area contributed by atoms with E-state index in [9.17, 15) is 14.4 Å². The van der Waals surface area contributed by atoms with E-state index in [1.165, 1.54) is 116 Å². The molecule has 0 amide bonds. The van der Waals surface area contributed by atoms with Gasteiger partial charge in [-0.2, -0.15) is 0 Å². The van der Waals surface area contributed by atoms with Crippen molar-refractivity contribution in [3.8, 4) is 0 Å². The molecule has 0 bridgehead atoms. The summed E-state index contributed by atoms with van der Waals surface area (Å²) in [5.74, 6) is -0.918.